The molecule has 0 unspecified atom stereocenters. The smallest absolute Gasteiger partial charge is 0.253 e. The summed E-state index contributed by atoms with van der Waals surface area (Å²) < 4.78 is 20.0. The van der Waals surface area contributed by atoms with Gasteiger partial charge in [-0.15, -0.1) is 0 Å². The molecule has 5 rings (SSSR count). The number of benzene rings is 2. The molecule has 0 spiro atoms. The maximum Gasteiger partial charge on any atom is 0.253 e. The Bertz CT molecular complexity index is 1510. The number of alkyl halides is 1. The predicted octanol–water partition coefficient (Wildman–Crippen LogP) is 5.84. The van der Waals surface area contributed by atoms with Gasteiger partial charge in [-0.05, 0) is 99.9 Å². The predicted molar refractivity (Wildman–Crippen MR) is 171 cm³/mol. The average Bonchev–Trinajstić information content (AvgIpc) is 3.32. The Labute approximate surface area is 254 Å². The fourth-order valence-corrected chi connectivity index (χ4v) is 6.60. The number of pyridine rings is 1. The topological polar surface area (TPSA) is 77.7 Å². The number of anilines is 1. The summed E-state index contributed by atoms with van der Waals surface area (Å²) in [6.07, 6.45) is 2.45. The molecular weight excluding hydrogens is 543 g/mol. The molecule has 1 amide bonds. The van der Waals surface area contributed by atoms with E-state index in [0.717, 1.165) is 84.9 Å². The Morgan fingerprint density at radius 2 is 1.84 bits per heavy atom. The summed E-state index contributed by atoms with van der Waals surface area (Å²) in [7, 11) is 0. The number of rotatable bonds is 9. The molecule has 0 aliphatic carbocycles. The highest BCUT2D eigenvalue weighted by atomic mass is 19.1. The number of carbonyl (C=O) groups is 1. The van der Waals surface area contributed by atoms with Gasteiger partial charge in [0.15, 0.2) is 0 Å². The van der Waals surface area contributed by atoms with Gasteiger partial charge >= 0.3 is 0 Å². The van der Waals surface area contributed by atoms with E-state index in [9.17, 15) is 14.0 Å². The monoisotopic (exact) mass is 588 g/mol. The number of hydrogen-bond donors (Lipinski definition) is 2. The summed E-state index contributed by atoms with van der Waals surface area (Å²) >= 11 is 0. The Morgan fingerprint density at radius 1 is 1.12 bits per heavy atom. The number of aromatic nitrogens is 1. The second-order valence-corrected chi connectivity index (χ2v) is 12.5. The molecular formula is C35H45FN4O3. The highest BCUT2D eigenvalue weighted by molar-refractivity contribution is 5.99. The van der Waals surface area contributed by atoms with Crippen molar-refractivity contribution in [3.8, 4) is 11.1 Å². The molecule has 8 heteroatoms. The van der Waals surface area contributed by atoms with E-state index in [1.807, 2.05) is 32.9 Å². The summed E-state index contributed by atoms with van der Waals surface area (Å²) in [4.78, 5) is 33.8. The van der Waals surface area contributed by atoms with Crippen LogP contribution in [0, 0.1) is 20.8 Å². The lowest BCUT2D eigenvalue weighted by Gasteiger charge is -2.37. The van der Waals surface area contributed by atoms with E-state index in [4.69, 9.17) is 4.74 Å². The largest absolute Gasteiger partial charge is 0.381 e. The van der Waals surface area contributed by atoms with Crippen molar-refractivity contribution in [2.75, 3.05) is 37.7 Å². The molecule has 3 aromatic rings. The number of likely N-dealkylation sites (tertiary alicyclic amines) is 1. The highest BCUT2D eigenvalue weighted by Gasteiger charge is 2.33. The number of ether oxygens (including phenoxy) is 1. The zero-order chi connectivity index (χ0) is 30.7. The van der Waals surface area contributed by atoms with Crippen LogP contribution in [0.5, 0.6) is 0 Å². The molecule has 2 saturated heterocycles. The van der Waals surface area contributed by atoms with Crippen molar-refractivity contribution in [2.45, 2.75) is 78.7 Å². The average molecular weight is 589 g/mol. The third-order valence-electron chi connectivity index (χ3n) is 9.02. The fourth-order valence-electron chi connectivity index (χ4n) is 6.60. The zero-order valence-corrected chi connectivity index (χ0v) is 26.2. The lowest BCUT2D eigenvalue weighted by molar-refractivity contribution is 0.0846. The van der Waals surface area contributed by atoms with Gasteiger partial charge in [-0.25, -0.2) is 4.39 Å². The lowest BCUT2D eigenvalue weighted by atomic mass is 9.94. The first-order valence-corrected chi connectivity index (χ1v) is 15.5. The van der Waals surface area contributed by atoms with Gasteiger partial charge in [-0.2, -0.15) is 0 Å². The number of nitrogens with one attached hydrogen (secondary N) is 2. The summed E-state index contributed by atoms with van der Waals surface area (Å²) in [5, 5.41) is 3.02. The molecule has 0 saturated carbocycles. The maximum absolute atomic E-state index is 14.4. The number of nitrogens with zero attached hydrogens (tertiary/aromatic N) is 2. The van der Waals surface area contributed by atoms with Crippen LogP contribution in [0.25, 0.3) is 11.1 Å². The van der Waals surface area contributed by atoms with Crippen LogP contribution in [-0.2, 0) is 17.8 Å². The van der Waals surface area contributed by atoms with Gasteiger partial charge in [-0.1, -0.05) is 24.3 Å². The van der Waals surface area contributed by atoms with Crippen molar-refractivity contribution in [1.82, 2.24) is 15.2 Å². The van der Waals surface area contributed by atoms with Crippen LogP contribution in [0.3, 0.4) is 0 Å². The number of halogens is 1. The van der Waals surface area contributed by atoms with E-state index < -0.39 is 5.67 Å². The van der Waals surface area contributed by atoms with E-state index in [1.54, 1.807) is 6.92 Å². The summed E-state index contributed by atoms with van der Waals surface area (Å²) in [5.41, 5.74) is 6.61. The van der Waals surface area contributed by atoms with E-state index in [2.05, 4.69) is 57.4 Å². The molecule has 2 fully saturated rings. The first-order valence-electron chi connectivity index (χ1n) is 15.5. The molecule has 43 heavy (non-hydrogen) atoms. The van der Waals surface area contributed by atoms with Crippen molar-refractivity contribution in [3.05, 3.63) is 86.3 Å². The number of hydrogen-bond acceptors (Lipinski definition) is 5. The van der Waals surface area contributed by atoms with Crippen molar-refractivity contribution in [3.63, 3.8) is 0 Å². The molecule has 1 aromatic heterocycles. The third-order valence-corrected chi connectivity index (χ3v) is 9.02. The molecule has 2 aliphatic rings. The molecule has 1 atom stereocenters. The second-order valence-electron chi connectivity index (χ2n) is 12.5. The maximum atomic E-state index is 14.4. The van der Waals surface area contributed by atoms with E-state index >= 15 is 0 Å². The van der Waals surface area contributed by atoms with Crippen molar-refractivity contribution in [1.29, 1.82) is 0 Å². The van der Waals surface area contributed by atoms with E-state index in [0.29, 0.717) is 30.1 Å². The van der Waals surface area contributed by atoms with Gasteiger partial charge in [0.25, 0.3) is 11.5 Å². The first kappa shape index (κ1) is 31.0. The van der Waals surface area contributed by atoms with Crippen LogP contribution in [0.15, 0.2) is 47.3 Å². The van der Waals surface area contributed by atoms with Gasteiger partial charge in [0.2, 0.25) is 0 Å². The van der Waals surface area contributed by atoms with Gasteiger partial charge in [0.1, 0.15) is 5.67 Å². The van der Waals surface area contributed by atoms with Crippen LogP contribution >= 0.6 is 0 Å². The van der Waals surface area contributed by atoms with Crippen LogP contribution in [0.2, 0.25) is 0 Å². The van der Waals surface area contributed by atoms with E-state index in [-0.39, 0.29) is 18.0 Å². The number of carbonyl (C=O) groups excluding carboxylic acids is 1. The van der Waals surface area contributed by atoms with E-state index in [1.165, 1.54) is 0 Å². The molecule has 7 nitrogen and oxygen atoms in total. The Morgan fingerprint density at radius 3 is 2.47 bits per heavy atom. The molecule has 0 bridgehead atoms. The van der Waals surface area contributed by atoms with Crippen LogP contribution in [-0.4, -0.2) is 60.3 Å². The standard InChI is InChI=1S/C35H45FN4O3/c1-6-40(29-11-15-43-16-12-29)32-19-28(27-9-7-26(8-10-27)21-39-14-13-35(5,36)22-39)18-30(25(32)4)33(41)37-20-31-23(2)17-24(3)38-34(31)42/h7-10,17-19,29H,6,11-16,20-22H2,1-5H3,(H,37,41)(H,38,42)/t35-/m0/s1. The third kappa shape index (κ3) is 7.19. The van der Waals surface area contributed by atoms with Crippen molar-refractivity contribution < 1.29 is 13.9 Å². The van der Waals surface area contributed by atoms with Gasteiger partial charge in [0, 0.05) is 74.5 Å². The minimum atomic E-state index is -1.11. The molecule has 230 valence electrons. The quantitative estimate of drug-likeness (QED) is 0.329. The summed E-state index contributed by atoms with van der Waals surface area (Å²) in [5.74, 6) is -0.206. The Kier molecular flexibility index (Phi) is 9.37. The highest BCUT2D eigenvalue weighted by Crippen LogP contribution is 2.34. The fraction of sp³-hybridized carbons (Fsp3) is 0.486. The van der Waals surface area contributed by atoms with Crippen molar-refractivity contribution >= 4 is 11.6 Å². The second kappa shape index (κ2) is 13.0. The minimum absolute atomic E-state index is 0.153. The van der Waals surface area contributed by atoms with Gasteiger partial charge in [-0.3, -0.25) is 14.5 Å². The Balaban J connectivity index is 1.46. The van der Waals surface area contributed by atoms with Gasteiger partial charge in [0.05, 0.1) is 0 Å². The summed E-state index contributed by atoms with van der Waals surface area (Å²) in [6, 6.07) is 14.8. The number of amides is 1. The Hall–Kier alpha value is -3.49. The molecule has 3 heterocycles. The first-order chi connectivity index (χ1) is 20.5. The molecule has 2 aliphatic heterocycles. The molecule has 2 N–H and O–H groups in total. The van der Waals surface area contributed by atoms with Gasteiger partial charge < -0.3 is 19.9 Å². The van der Waals surface area contributed by atoms with Crippen LogP contribution in [0.1, 0.15) is 71.4 Å². The number of aromatic amines is 1. The molecule has 2 aromatic carbocycles. The normalized spacial score (nSPS) is 19.5. The van der Waals surface area contributed by atoms with Crippen molar-refractivity contribution in [2.24, 2.45) is 0 Å². The summed E-state index contributed by atoms with van der Waals surface area (Å²) in [6.45, 7) is 14.0. The zero-order valence-electron chi connectivity index (χ0n) is 26.2. The number of aryl methyl sites for hydroxylation is 2. The SMILES string of the molecule is CCN(c1cc(-c2ccc(CN3CC[C@](C)(F)C3)cc2)cc(C(=O)NCc2c(C)cc(C)[nH]c2=O)c1C)C1CCOCC1. The lowest BCUT2D eigenvalue weighted by Crippen LogP contribution is -2.40. The van der Waals surface area contributed by atoms with Crippen LogP contribution in [0.4, 0.5) is 10.1 Å². The van der Waals surface area contributed by atoms with Crippen LogP contribution < -0.4 is 15.8 Å². The number of H-pyrrole nitrogens is 1. The minimum Gasteiger partial charge on any atom is -0.381 e. The molecule has 0 radical (unpaired) electrons.